The smallest absolute Gasteiger partial charge is 0.246 e. The van der Waals surface area contributed by atoms with Crippen molar-refractivity contribution in [2.45, 2.75) is 19.5 Å². The molecule has 27 heavy (non-hydrogen) atoms. The van der Waals surface area contributed by atoms with Crippen molar-refractivity contribution in [1.29, 1.82) is 0 Å². The predicted molar refractivity (Wildman–Crippen MR) is 108 cm³/mol. The zero-order chi connectivity index (χ0) is 19.4. The second kappa shape index (κ2) is 8.55. The minimum absolute atomic E-state index is 0.0294. The molecule has 2 N–H and O–H groups in total. The molecule has 4 nitrogen and oxygen atoms in total. The summed E-state index contributed by atoms with van der Waals surface area (Å²) in [5.74, 6) is -0.256. The Morgan fingerprint density at radius 2 is 2.00 bits per heavy atom. The van der Waals surface area contributed by atoms with Gasteiger partial charge in [0.25, 0.3) is 0 Å². The van der Waals surface area contributed by atoms with Crippen LogP contribution in [0.1, 0.15) is 18.1 Å². The van der Waals surface area contributed by atoms with Crippen molar-refractivity contribution in [3.8, 4) is 0 Å². The molecule has 0 bridgehead atoms. The normalized spacial score (nSPS) is 18.2. The molecule has 1 heterocycles. The highest BCUT2D eigenvalue weighted by atomic mass is 35.5. The Morgan fingerprint density at radius 1 is 1.26 bits per heavy atom. The van der Waals surface area contributed by atoms with Gasteiger partial charge in [0.2, 0.25) is 5.91 Å². The number of carbonyl (C=O) groups excluding carboxylic acids is 1. The largest absolute Gasteiger partial charge is 0.398 e. The van der Waals surface area contributed by atoms with Crippen LogP contribution in [0, 0.1) is 5.82 Å². The molecule has 0 aromatic heterocycles. The average molecular weight is 388 g/mol. The number of piperazine rings is 1. The maximum Gasteiger partial charge on any atom is 0.246 e. The molecular formula is C21H23ClFN3O. The number of halogens is 2. The number of rotatable bonds is 4. The number of anilines is 1. The van der Waals surface area contributed by atoms with Gasteiger partial charge >= 0.3 is 0 Å². The summed E-state index contributed by atoms with van der Waals surface area (Å²) in [6, 6.07) is 11.9. The Labute approximate surface area is 164 Å². The Balaban J connectivity index is 1.57. The number of amides is 1. The third-order valence-corrected chi connectivity index (χ3v) is 5.00. The molecule has 0 radical (unpaired) electrons. The molecule has 1 aliphatic rings. The van der Waals surface area contributed by atoms with Gasteiger partial charge in [-0.25, -0.2) is 4.39 Å². The molecule has 0 aliphatic carbocycles. The molecule has 1 unspecified atom stereocenters. The molecule has 0 spiro atoms. The van der Waals surface area contributed by atoms with Crippen molar-refractivity contribution in [2.24, 2.45) is 0 Å². The van der Waals surface area contributed by atoms with Gasteiger partial charge in [0.15, 0.2) is 0 Å². The van der Waals surface area contributed by atoms with Gasteiger partial charge in [0.1, 0.15) is 5.82 Å². The van der Waals surface area contributed by atoms with Gasteiger partial charge in [0, 0.05) is 49.0 Å². The van der Waals surface area contributed by atoms with Crippen molar-refractivity contribution in [3.63, 3.8) is 0 Å². The fourth-order valence-electron chi connectivity index (χ4n) is 3.31. The lowest BCUT2D eigenvalue weighted by Crippen LogP contribution is -2.53. The Kier molecular flexibility index (Phi) is 6.14. The Bertz CT molecular complexity index is 838. The van der Waals surface area contributed by atoms with Crippen LogP contribution in [0.5, 0.6) is 0 Å². The topological polar surface area (TPSA) is 49.6 Å². The standard InChI is InChI=1S/C21H23ClFN3O/c1-15-13-25(14-16-2-7-19(23)8-3-16)10-11-26(15)21(27)9-5-17-4-6-18(22)12-20(17)24/h2-9,12,15H,10-11,13-14,24H2,1H3/b9-5+. The highest BCUT2D eigenvalue weighted by molar-refractivity contribution is 6.30. The lowest BCUT2D eigenvalue weighted by atomic mass is 10.1. The van der Waals surface area contributed by atoms with Crippen LogP contribution in [-0.4, -0.2) is 41.4 Å². The minimum Gasteiger partial charge on any atom is -0.398 e. The maximum atomic E-state index is 13.0. The van der Waals surface area contributed by atoms with Crippen LogP contribution in [0.15, 0.2) is 48.5 Å². The molecule has 1 amide bonds. The van der Waals surface area contributed by atoms with Crippen molar-refractivity contribution in [1.82, 2.24) is 9.80 Å². The second-order valence-electron chi connectivity index (χ2n) is 6.85. The summed E-state index contributed by atoms with van der Waals surface area (Å²) in [6.45, 7) is 5.01. The monoisotopic (exact) mass is 387 g/mol. The zero-order valence-electron chi connectivity index (χ0n) is 15.2. The summed E-state index contributed by atoms with van der Waals surface area (Å²) in [6.07, 6.45) is 3.29. The van der Waals surface area contributed by atoms with Gasteiger partial charge in [-0.05, 0) is 48.4 Å². The lowest BCUT2D eigenvalue weighted by molar-refractivity contribution is -0.130. The number of nitrogens with zero attached hydrogens (tertiary/aromatic N) is 2. The van der Waals surface area contributed by atoms with E-state index in [1.165, 1.54) is 12.1 Å². The Morgan fingerprint density at radius 3 is 2.67 bits per heavy atom. The van der Waals surface area contributed by atoms with E-state index in [1.54, 1.807) is 42.5 Å². The SMILES string of the molecule is CC1CN(Cc2ccc(F)cc2)CCN1C(=O)/C=C/c1ccc(Cl)cc1N. The van der Waals surface area contributed by atoms with E-state index in [0.29, 0.717) is 17.3 Å². The Hall–Kier alpha value is -2.37. The molecule has 3 rings (SSSR count). The number of carbonyl (C=O) groups is 1. The van der Waals surface area contributed by atoms with Crippen LogP contribution in [0.25, 0.3) is 6.08 Å². The predicted octanol–water partition coefficient (Wildman–Crippen LogP) is 3.81. The molecule has 6 heteroatoms. The van der Waals surface area contributed by atoms with E-state index in [1.807, 2.05) is 11.8 Å². The van der Waals surface area contributed by atoms with Crippen LogP contribution in [0.3, 0.4) is 0 Å². The highest BCUT2D eigenvalue weighted by Gasteiger charge is 2.26. The number of hydrogen-bond acceptors (Lipinski definition) is 3. The van der Waals surface area contributed by atoms with Crippen LogP contribution in [0.2, 0.25) is 5.02 Å². The summed E-state index contributed by atoms with van der Waals surface area (Å²) < 4.78 is 13.0. The molecule has 2 aromatic carbocycles. The third kappa shape index (κ3) is 5.08. The summed E-state index contributed by atoms with van der Waals surface area (Å²) in [5, 5.41) is 0.571. The number of benzene rings is 2. The van der Waals surface area contributed by atoms with Gasteiger partial charge in [0.05, 0.1) is 0 Å². The van der Waals surface area contributed by atoms with E-state index in [4.69, 9.17) is 17.3 Å². The van der Waals surface area contributed by atoms with Crippen molar-refractivity contribution >= 4 is 29.3 Å². The van der Waals surface area contributed by atoms with Crippen molar-refractivity contribution < 1.29 is 9.18 Å². The van der Waals surface area contributed by atoms with Crippen LogP contribution >= 0.6 is 11.6 Å². The van der Waals surface area contributed by atoms with E-state index in [-0.39, 0.29) is 17.8 Å². The molecule has 1 saturated heterocycles. The fourth-order valence-corrected chi connectivity index (χ4v) is 3.49. The zero-order valence-corrected chi connectivity index (χ0v) is 16.0. The molecule has 2 aromatic rings. The fraction of sp³-hybridized carbons (Fsp3) is 0.286. The van der Waals surface area contributed by atoms with Crippen LogP contribution in [-0.2, 0) is 11.3 Å². The van der Waals surface area contributed by atoms with E-state index < -0.39 is 0 Å². The van der Waals surface area contributed by atoms with Gasteiger partial charge < -0.3 is 10.6 Å². The molecular weight excluding hydrogens is 365 g/mol. The van der Waals surface area contributed by atoms with E-state index >= 15 is 0 Å². The quantitative estimate of drug-likeness (QED) is 0.641. The second-order valence-corrected chi connectivity index (χ2v) is 7.29. The van der Waals surface area contributed by atoms with Gasteiger partial charge in [-0.15, -0.1) is 0 Å². The van der Waals surface area contributed by atoms with Gasteiger partial charge in [-0.2, -0.15) is 0 Å². The van der Waals surface area contributed by atoms with Gasteiger partial charge in [-0.3, -0.25) is 9.69 Å². The lowest BCUT2D eigenvalue weighted by Gasteiger charge is -2.39. The van der Waals surface area contributed by atoms with E-state index in [0.717, 1.165) is 30.8 Å². The number of hydrogen-bond donors (Lipinski definition) is 1. The minimum atomic E-state index is -0.226. The molecule has 0 saturated carbocycles. The molecule has 142 valence electrons. The van der Waals surface area contributed by atoms with Crippen LogP contribution in [0.4, 0.5) is 10.1 Å². The van der Waals surface area contributed by atoms with Crippen LogP contribution < -0.4 is 5.73 Å². The maximum absolute atomic E-state index is 13.0. The van der Waals surface area contributed by atoms with E-state index in [2.05, 4.69) is 4.90 Å². The molecule has 1 aliphatic heterocycles. The first-order valence-corrected chi connectivity index (χ1v) is 9.30. The summed E-state index contributed by atoms with van der Waals surface area (Å²) >= 11 is 5.90. The number of nitrogen functional groups attached to an aromatic ring is 1. The summed E-state index contributed by atoms with van der Waals surface area (Å²) in [5.41, 5.74) is 8.31. The average Bonchev–Trinajstić information content (AvgIpc) is 2.63. The van der Waals surface area contributed by atoms with Crippen molar-refractivity contribution in [3.05, 3.63) is 70.5 Å². The number of nitrogens with two attached hydrogens (primary N) is 1. The molecule has 1 atom stereocenters. The first-order chi connectivity index (χ1) is 12.9. The van der Waals surface area contributed by atoms with Crippen molar-refractivity contribution in [2.75, 3.05) is 25.4 Å². The first-order valence-electron chi connectivity index (χ1n) is 8.93. The summed E-state index contributed by atoms with van der Waals surface area (Å²) in [4.78, 5) is 16.7. The molecule has 1 fully saturated rings. The van der Waals surface area contributed by atoms with E-state index in [9.17, 15) is 9.18 Å². The van der Waals surface area contributed by atoms with Gasteiger partial charge in [-0.1, -0.05) is 29.8 Å². The first kappa shape index (κ1) is 19.4. The third-order valence-electron chi connectivity index (χ3n) is 4.77. The highest BCUT2D eigenvalue weighted by Crippen LogP contribution is 2.20. The summed E-state index contributed by atoms with van der Waals surface area (Å²) in [7, 11) is 0.